The Balaban J connectivity index is 1.40. The Morgan fingerprint density at radius 1 is 1.00 bits per heavy atom. The lowest BCUT2D eigenvalue weighted by Crippen LogP contribution is -2.59. The van der Waals surface area contributed by atoms with Crippen LogP contribution in [0.15, 0.2) is 12.1 Å². The first-order chi connectivity index (χ1) is 13.3. The Morgan fingerprint density at radius 2 is 1.89 bits per heavy atom. The zero-order valence-corrected chi connectivity index (χ0v) is 16.5. The number of hydrogen-bond donors (Lipinski definition) is 0. The molecular formula is C22H32N2O3. The standard InChI is InChI=1S/C22H32N2O3/c1-25-19-12-16(13-20-22(19)27-15-26-20)14-24-11-10-23-9-5-8-18(23)21(24)17-6-3-2-4-7-17/h12-13,17-18,21H,2-11,14-15H2,1H3/t18-,21-/m1/s1. The number of rotatable bonds is 4. The number of piperazine rings is 1. The van der Waals surface area contributed by atoms with Crippen molar-refractivity contribution in [2.24, 2.45) is 5.92 Å². The number of ether oxygens (including phenoxy) is 3. The lowest BCUT2D eigenvalue weighted by Gasteiger charge is -2.49. The lowest BCUT2D eigenvalue weighted by molar-refractivity contribution is -0.00384. The number of benzene rings is 1. The zero-order valence-electron chi connectivity index (χ0n) is 16.5. The van der Waals surface area contributed by atoms with Crippen LogP contribution in [-0.2, 0) is 6.54 Å². The summed E-state index contributed by atoms with van der Waals surface area (Å²) >= 11 is 0. The Hall–Kier alpha value is -1.46. The third kappa shape index (κ3) is 3.29. The highest BCUT2D eigenvalue weighted by atomic mass is 16.7. The summed E-state index contributed by atoms with van der Waals surface area (Å²) < 4.78 is 16.8. The molecule has 0 spiro atoms. The fourth-order valence-electron chi connectivity index (χ4n) is 5.95. The predicted octanol–water partition coefficient (Wildman–Crippen LogP) is 3.65. The van der Waals surface area contributed by atoms with Crippen LogP contribution in [0.2, 0.25) is 0 Å². The summed E-state index contributed by atoms with van der Waals surface area (Å²) in [6, 6.07) is 5.77. The first-order valence-corrected chi connectivity index (χ1v) is 10.8. The summed E-state index contributed by atoms with van der Waals surface area (Å²) in [6.45, 7) is 4.97. The average molecular weight is 373 g/mol. The second-order valence-electron chi connectivity index (χ2n) is 8.64. The van der Waals surface area contributed by atoms with Crippen molar-refractivity contribution in [3.8, 4) is 17.2 Å². The van der Waals surface area contributed by atoms with Gasteiger partial charge in [-0.25, -0.2) is 0 Å². The number of methoxy groups -OCH3 is 1. The Bertz CT molecular complexity index is 674. The zero-order chi connectivity index (χ0) is 18.2. The molecule has 0 aromatic heterocycles. The summed E-state index contributed by atoms with van der Waals surface area (Å²) in [5.74, 6) is 3.25. The molecule has 5 heteroatoms. The number of hydrogen-bond acceptors (Lipinski definition) is 5. The molecule has 148 valence electrons. The van der Waals surface area contributed by atoms with Crippen molar-refractivity contribution in [3.05, 3.63) is 17.7 Å². The van der Waals surface area contributed by atoms with Gasteiger partial charge in [-0.2, -0.15) is 0 Å². The predicted molar refractivity (Wildman–Crippen MR) is 104 cm³/mol. The molecule has 3 heterocycles. The molecule has 3 fully saturated rings. The summed E-state index contributed by atoms with van der Waals surface area (Å²) in [6.07, 6.45) is 9.84. The van der Waals surface area contributed by atoms with E-state index in [9.17, 15) is 0 Å². The molecule has 0 amide bonds. The molecule has 4 aliphatic rings. The van der Waals surface area contributed by atoms with E-state index in [-0.39, 0.29) is 0 Å². The smallest absolute Gasteiger partial charge is 0.231 e. The molecule has 5 nitrogen and oxygen atoms in total. The number of nitrogens with zero attached hydrogens (tertiary/aromatic N) is 2. The fourth-order valence-corrected chi connectivity index (χ4v) is 5.95. The molecule has 1 aliphatic carbocycles. The van der Waals surface area contributed by atoms with E-state index in [1.165, 1.54) is 70.1 Å². The first-order valence-electron chi connectivity index (χ1n) is 10.8. The highest BCUT2D eigenvalue weighted by Crippen LogP contribution is 2.43. The minimum Gasteiger partial charge on any atom is -0.493 e. The minimum atomic E-state index is 0.292. The first kappa shape index (κ1) is 17.6. The fraction of sp³-hybridized carbons (Fsp3) is 0.727. The monoisotopic (exact) mass is 372 g/mol. The van der Waals surface area contributed by atoms with Crippen molar-refractivity contribution >= 4 is 0 Å². The van der Waals surface area contributed by atoms with Crippen molar-refractivity contribution in [1.29, 1.82) is 0 Å². The highest BCUT2D eigenvalue weighted by Gasteiger charge is 2.43. The molecule has 2 saturated heterocycles. The molecule has 2 atom stereocenters. The van der Waals surface area contributed by atoms with Gasteiger partial charge in [0.15, 0.2) is 11.5 Å². The molecule has 0 N–H and O–H groups in total. The Morgan fingerprint density at radius 3 is 2.74 bits per heavy atom. The molecule has 0 unspecified atom stereocenters. The second-order valence-corrected chi connectivity index (χ2v) is 8.64. The Labute approximate surface area is 162 Å². The third-order valence-corrected chi connectivity index (χ3v) is 7.14. The molecule has 27 heavy (non-hydrogen) atoms. The normalized spacial score (nSPS) is 29.1. The summed E-state index contributed by atoms with van der Waals surface area (Å²) in [4.78, 5) is 5.55. The maximum Gasteiger partial charge on any atom is 0.231 e. The van der Waals surface area contributed by atoms with E-state index in [2.05, 4.69) is 21.9 Å². The Kier molecular flexibility index (Phi) is 4.91. The quantitative estimate of drug-likeness (QED) is 0.806. The molecular weight excluding hydrogens is 340 g/mol. The van der Waals surface area contributed by atoms with E-state index in [1.807, 2.05) is 0 Å². The summed E-state index contributed by atoms with van der Waals surface area (Å²) in [5.41, 5.74) is 1.28. The van der Waals surface area contributed by atoms with Crippen molar-refractivity contribution in [2.75, 3.05) is 33.5 Å². The number of fused-ring (bicyclic) bond motifs is 2. The van der Waals surface area contributed by atoms with Crippen LogP contribution in [-0.4, -0.2) is 55.4 Å². The van der Waals surface area contributed by atoms with Crippen LogP contribution in [0.25, 0.3) is 0 Å². The van der Waals surface area contributed by atoms with Gasteiger partial charge >= 0.3 is 0 Å². The van der Waals surface area contributed by atoms with Gasteiger partial charge in [-0.3, -0.25) is 9.80 Å². The van der Waals surface area contributed by atoms with Crippen LogP contribution in [0.5, 0.6) is 17.2 Å². The van der Waals surface area contributed by atoms with Gasteiger partial charge in [-0.05, 0) is 55.8 Å². The minimum absolute atomic E-state index is 0.292. The van der Waals surface area contributed by atoms with E-state index in [0.29, 0.717) is 12.8 Å². The maximum atomic E-state index is 5.65. The SMILES string of the molecule is COc1cc(CN2CCN3CCC[C@@H]3[C@H]2C2CCCCC2)cc2c1OCO2. The average Bonchev–Trinajstić information content (AvgIpc) is 3.37. The lowest BCUT2D eigenvalue weighted by atomic mass is 9.78. The van der Waals surface area contributed by atoms with Gasteiger partial charge in [0.25, 0.3) is 0 Å². The van der Waals surface area contributed by atoms with E-state index in [0.717, 1.165) is 35.8 Å². The maximum absolute atomic E-state index is 5.65. The molecule has 0 radical (unpaired) electrons. The van der Waals surface area contributed by atoms with Crippen molar-refractivity contribution < 1.29 is 14.2 Å². The van der Waals surface area contributed by atoms with E-state index < -0.39 is 0 Å². The summed E-state index contributed by atoms with van der Waals surface area (Å²) in [5, 5.41) is 0. The molecule has 3 aliphatic heterocycles. The van der Waals surface area contributed by atoms with E-state index in [4.69, 9.17) is 14.2 Å². The van der Waals surface area contributed by atoms with Gasteiger partial charge in [0.05, 0.1) is 7.11 Å². The highest BCUT2D eigenvalue weighted by molar-refractivity contribution is 5.55. The van der Waals surface area contributed by atoms with E-state index >= 15 is 0 Å². The van der Waals surface area contributed by atoms with Crippen molar-refractivity contribution in [3.63, 3.8) is 0 Å². The molecule has 1 saturated carbocycles. The van der Waals surface area contributed by atoms with Crippen molar-refractivity contribution in [2.45, 2.75) is 63.6 Å². The molecule has 1 aromatic carbocycles. The third-order valence-electron chi connectivity index (χ3n) is 7.14. The second kappa shape index (κ2) is 7.51. The van der Waals surface area contributed by atoms with Crippen LogP contribution < -0.4 is 14.2 Å². The van der Waals surface area contributed by atoms with Crippen LogP contribution in [0.1, 0.15) is 50.5 Å². The topological polar surface area (TPSA) is 34.2 Å². The van der Waals surface area contributed by atoms with Crippen LogP contribution in [0.3, 0.4) is 0 Å². The van der Waals surface area contributed by atoms with Gasteiger partial charge in [-0.1, -0.05) is 19.3 Å². The van der Waals surface area contributed by atoms with Gasteiger partial charge in [0.1, 0.15) is 0 Å². The summed E-state index contributed by atoms with van der Waals surface area (Å²) in [7, 11) is 1.71. The van der Waals surface area contributed by atoms with Crippen LogP contribution in [0, 0.1) is 5.92 Å². The van der Waals surface area contributed by atoms with Gasteiger partial charge in [0.2, 0.25) is 12.5 Å². The van der Waals surface area contributed by atoms with Gasteiger partial charge in [-0.15, -0.1) is 0 Å². The van der Waals surface area contributed by atoms with Crippen LogP contribution in [0.4, 0.5) is 0 Å². The largest absolute Gasteiger partial charge is 0.493 e. The van der Waals surface area contributed by atoms with Crippen molar-refractivity contribution in [1.82, 2.24) is 9.80 Å². The van der Waals surface area contributed by atoms with Gasteiger partial charge < -0.3 is 14.2 Å². The van der Waals surface area contributed by atoms with E-state index in [1.54, 1.807) is 7.11 Å². The van der Waals surface area contributed by atoms with Gasteiger partial charge in [0, 0.05) is 31.7 Å². The molecule has 5 rings (SSSR count). The molecule has 1 aromatic rings. The molecule has 0 bridgehead atoms. The van der Waals surface area contributed by atoms with Crippen LogP contribution >= 0.6 is 0 Å².